The van der Waals surface area contributed by atoms with E-state index >= 15 is 0 Å². The summed E-state index contributed by atoms with van der Waals surface area (Å²) < 4.78 is 0. The number of benzene rings is 1. The summed E-state index contributed by atoms with van der Waals surface area (Å²) in [5.74, 6) is -0.684. The summed E-state index contributed by atoms with van der Waals surface area (Å²) in [7, 11) is 0. The Morgan fingerprint density at radius 2 is 2.10 bits per heavy atom. The van der Waals surface area contributed by atoms with Crippen molar-refractivity contribution in [3.8, 4) is 0 Å². The first-order valence-corrected chi connectivity index (χ1v) is 7.44. The predicted molar refractivity (Wildman–Crippen MR) is 77.0 cm³/mol. The third kappa shape index (κ3) is 4.57. The van der Waals surface area contributed by atoms with Crippen molar-refractivity contribution in [3.63, 3.8) is 0 Å². The van der Waals surface area contributed by atoms with Crippen molar-refractivity contribution in [1.29, 1.82) is 0 Å². The van der Waals surface area contributed by atoms with Crippen LogP contribution in [0.5, 0.6) is 0 Å². The van der Waals surface area contributed by atoms with Gasteiger partial charge in [0.05, 0.1) is 0 Å². The minimum atomic E-state index is -1.23. The molecule has 0 aliphatic heterocycles. The number of carboxylic acid groups (broad SMARTS) is 1. The lowest BCUT2D eigenvalue weighted by atomic mass is 10.2. The van der Waals surface area contributed by atoms with Crippen LogP contribution in [0.3, 0.4) is 0 Å². The van der Waals surface area contributed by atoms with Crippen LogP contribution in [0.1, 0.15) is 17.7 Å². The van der Waals surface area contributed by atoms with Crippen LogP contribution in [-0.4, -0.2) is 21.2 Å². The summed E-state index contributed by atoms with van der Waals surface area (Å²) in [6.45, 7) is 0. The Morgan fingerprint density at radius 3 is 2.76 bits per heavy atom. The fraction of sp³-hybridized carbons (Fsp3) is 0.231. The quantitative estimate of drug-likeness (QED) is 0.789. The number of hydrogen-bond donors (Lipinski definition) is 1. The van der Waals surface area contributed by atoms with E-state index in [0.29, 0.717) is 15.9 Å². The molecule has 2 aromatic rings. The van der Waals surface area contributed by atoms with E-state index in [1.54, 1.807) is 6.07 Å². The summed E-state index contributed by atoms with van der Waals surface area (Å²) in [6, 6.07) is 7.38. The zero-order valence-corrected chi connectivity index (χ0v) is 12.4. The number of rotatable bonds is 6. The Balaban J connectivity index is 2.02. The Bertz CT molecular complexity index is 705. The zero-order valence-electron chi connectivity index (χ0n) is 10.8. The molecule has 0 bridgehead atoms. The Labute approximate surface area is 129 Å². The van der Waals surface area contributed by atoms with Crippen molar-refractivity contribution in [2.75, 3.05) is 0 Å². The normalized spacial score (nSPS) is 10.5. The molecule has 0 fully saturated rings. The Hall–Kier alpha value is -1.86. The molecule has 0 aliphatic rings. The molecule has 0 atom stereocenters. The number of carbonyl (C=O) groups is 1. The number of carboxylic acids is 1. The highest BCUT2D eigenvalue weighted by atomic mass is 35.5. The number of aromatic amines is 1. The fourth-order valence-electron chi connectivity index (χ4n) is 1.56. The molecule has 0 spiro atoms. The highest BCUT2D eigenvalue weighted by molar-refractivity contribution is 7.98. The number of carbonyl (C=O) groups excluding carboxylic acids is 1. The molecule has 2 rings (SSSR count). The van der Waals surface area contributed by atoms with Gasteiger partial charge in [-0.1, -0.05) is 41.6 Å². The average molecular weight is 325 g/mol. The van der Waals surface area contributed by atoms with Crippen LogP contribution in [0, 0.1) is 0 Å². The van der Waals surface area contributed by atoms with E-state index in [2.05, 4.69) is 15.2 Å². The molecular weight excluding hydrogens is 314 g/mol. The van der Waals surface area contributed by atoms with Gasteiger partial charge in [-0.25, -0.2) is 0 Å². The molecule has 0 radical (unpaired) electrons. The van der Waals surface area contributed by atoms with E-state index in [1.807, 2.05) is 18.2 Å². The second kappa shape index (κ2) is 7.24. The largest absolute Gasteiger partial charge is 0.550 e. The van der Waals surface area contributed by atoms with Gasteiger partial charge in [-0.15, -0.1) is 10.2 Å². The number of aryl methyl sites for hydroxylation is 1. The van der Waals surface area contributed by atoms with Gasteiger partial charge in [-0.05, 0) is 18.1 Å². The minimum Gasteiger partial charge on any atom is -0.550 e. The molecule has 6 nitrogen and oxygen atoms in total. The highest BCUT2D eigenvalue weighted by Crippen LogP contribution is 2.23. The number of aromatic nitrogens is 3. The monoisotopic (exact) mass is 324 g/mol. The van der Waals surface area contributed by atoms with E-state index in [4.69, 9.17) is 11.6 Å². The third-order valence-corrected chi connectivity index (χ3v) is 3.91. The number of nitrogens with zero attached hydrogens (tertiary/aromatic N) is 2. The maximum Gasteiger partial charge on any atom is 0.273 e. The van der Waals surface area contributed by atoms with Crippen LogP contribution >= 0.6 is 23.4 Å². The summed E-state index contributed by atoms with van der Waals surface area (Å²) in [5, 5.41) is 19.0. The van der Waals surface area contributed by atoms with Crippen LogP contribution in [0.2, 0.25) is 5.02 Å². The van der Waals surface area contributed by atoms with Crippen molar-refractivity contribution in [3.05, 3.63) is 50.9 Å². The molecule has 0 saturated carbocycles. The number of halogens is 1. The summed E-state index contributed by atoms with van der Waals surface area (Å²) >= 11 is 7.33. The number of H-pyrrole nitrogens is 1. The number of aliphatic carboxylic acids is 1. The van der Waals surface area contributed by atoms with Gasteiger partial charge in [-0.3, -0.25) is 9.78 Å². The van der Waals surface area contributed by atoms with Gasteiger partial charge in [0, 0.05) is 23.2 Å². The first kappa shape index (κ1) is 15.5. The van der Waals surface area contributed by atoms with Gasteiger partial charge in [-0.2, -0.15) is 0 Å². The first-order chi connectivity index (χ1) is 10.1. The average Bonchev–Trinajstić information content (AvgIpc) is 2.45. The van der Waals surface area contributed by atoms with Crippen molar-refractivity contribution in [2.45, 2.75) is 23.8 Å². The van der Waals surface area contributed by atoms with E-state index < -0.39 is 11.5 Å². The predicted octanol–water partition coefficient (Wildman–Crippen LogP) is 0.793. The van der Waals surface area contributed by atoms with Crippen LogP contribution in [0.15, 0.2) is 34.2 Å². The molecule has 1 heterocycles. The van der Waals surface area contributed by atoms with Gasteiger partial charge >= 0.3 is 0 Å². The minimum absolute atomic E-state index is 0.000126. The van der Waals surface area contributed by atoms with Gasteiger partial charge < -0.3 is 9.90 Å². The van der Waals surface area contributed by atoms with E-state index in [0.717, 1.165) is 5.56 Å². The molecule has 1 aromatic carbocycles. The molecule has 0 aliphatic carbocycles. The molecule has 21 heavy (non-hydrogen) atoms. The van der Waals surface area contributed by atoms with Crippen LogP contribution < -0.4 is 10.7 Å². The van der Waals surface area contributed by atoms with Gasteiger partial charge in [0.15, 0.2) is 5.16 Å². The fourth-order valence-corrected chi connectivity index (χ4v) is 2.65. The molecule has 110 valence electrons. The van der Waals surface area contributed by atoms with Crippen LogP contribution in [0.25, 0.3) is 0 Å². The molecular formula is C13H11ClN3O3S-. The highest BCUT2D eigenvalue weighted by Gasteiger charge is 2.07. The van der Waals surface area contributed by atoms with E-state index in [1.165, 1.54) is 11.8 Å². The third-order valence-electron chi connectivity index (χ3n) is 2.63. The Kier molecular flexibility index (Phi) is 5.35. The molecule has 0 unspecified atom stereocenters. The van der Waals surface area contributed by atoms with E-state index in [9.17, 15) is 14.7 Å². The van der Waals surface area contributed by atoms with Gasteiger partial charge in [0.1, 0.15) is 5.69 Å². The molecule has 0 saturated heterocycles. The second-order valence-corrected chi connectivity index (χ2v) is 5.53. The molecule has 0 amide bonds. The summed E-state index contributed by atoms with van der Waals surface area (Å²) in [5.41, 5.74) is 0.571. The standard InChI is InChI=1S/C13H12ClN3O3S/c14-9-4-2-1-3-8(9)7-21-13-15-12(20)10(16-17-13)5-6-11(18)19/h1-4H,5-7H2,(H,18,19)(H,15,17,20)/p-1. The van der Waals surface area contributed by atoms with Crippen molar-refractivity contribution in [1.82, 2.24) is 15.2 Å². The lowest BCUT2D eigenvalue weighted by Crippen LogP contribution is -2.25. The SMILES string of the molecule is O=C([O-])CCc1nnc(SCc2ccccc2Cl)[nH]c1=O. The lowest BCUT2D eigenvalue weighted by Gasteiger charge is -2.04. The maximum absolute atomic E-state index is 11.7. The molecule has 1 N–H and O–H groups in total. The van der Waals surface area contributed by atoms with Gasteiger partial charge in [0.25, 0.3) is 5.56 Å². The number of hydrogen-bond acceptors (Lipinski definition) is 6. The summed E-state index contributed by atoms with van der Waals surface area (Å²) in [4.78, 5) is 24.6. The van der Waals surface area contributed by atoms with Crippen molar-refractivity contribution >= 4 is 29.3 Å². The number of nitrogens with one attached hydrogen (secondary N) is 1. The molecule has 1 aromatic heterocycles. The second-order valence-electron chi connectivity index (χ2n) is 4.16. The first-order valence-electron chi connectivity index (χ1n) is 6.08. The smallest absolute Gasteiger partial charge is 0.273 e. The van der Waals surface area contributed by atoms with Crippen LogP contribution in [0.4, 0.5) is 0 Å². The lowest BCUT2D eigenvalue weighted by molar-refractivity contribution is -0.305. The zero-order chi connectivity index (χ0) is 15.2. The van der Waals surface area contributed by atoms with Gasteiger partial charge in [0.2, 0.25) is 0 Å². The maximum atomic E-state index is 11.7. The van der Waals surface area contributed by atoms with E-state index in [-0.39, 0.29) is 18.5 Å². The number of thioether (sulfide) groups is 1. The van der Waals surface area contributed by atoms with Crippen LogP contribution in [-0.2, 0) is 17.0 Å². The summed E-state index contributed by atoms with van der Waals surface area (Å²) in [6.07, 6.45) is -0.260. The molecule has 8 heteroatoms. The van der Waals surface area contributed by atoms with Crippen molar-refractivity contribution in [2.24, 2.45) is 0 Å². The Morgan fingerprint density at radius 1 is 1.33 bits per heavy atom. The van der Waals surface area contributed by atoms with Crippen molar-refractivity contribution < 1.29 is 9.90 Å². The topological polar surface area (TPSA) is 98.8 Å².